The van der Waals surface area contributed by atoms with Crippen molar-refractivity contribution in [1.29, 1.82) is 0 Å². The van der Waals surface area contributed by atoms with E-state index in [0.717, 1.165) is 116 Å². The highest BCUT2D eigenvalue weighted by molar-refractivity contribution is 5.69. The van der Waals surface area contributed by atoms with Crippen molar-refractivity contribution in [1.82, 2.24) is 4.90 Å². The van der Waals surface area contributed by atoms with E-state index < -0.39 is 24.3 Å². The summed E-state index contributed by atoms with van der Waals surface area (Å²) in [5, 5.41) is 0. The molecule has 0 bridgehead atoms. The van der Waals surface area contributed by atoms with Crippen molar-refractivity contribution in [3.63, 3.8) is 0 Å². The Bertz CT molecular complexity index is 1210. The van der Waals surface area contributed by atoms with Crippen molar-refractivity contribution < 1.29 is 42.8 Å². The Kier molecular flexibility index (Phi) is 42.7. The first-order valence-corrected chi connectivity index (χ1v) is 26.6. The summed E-state index contributed by atoms with van der Waals surface area (Å²) in [5.41, 5.74) is 0. The number of hydrogen-bond donors (Lipinski definition) is 0. The van der Waals surface area contributed by atoms with Gasteiger partial charge in [0.15, 0.2) is 6.29 Å². The van der Waals surface area contributed by atoms with Gasteiger partial charge < -0.3 is 33.3 Å². The molecule has 1 saturated heterocycles. The lowest BCUT2D eigenvalue weighted by Crippen LogP contribution is -2.37. The molecule has 0 aliphatic carbocycles. The van der Waals surface area contributed by atoms with Crippen LogP contribution in [0.1, 0.15) is 207 Å². The maximum Gasteiger partial charge on any atom is 0.508 e. The highest BCUT2D eigenvalue weighted by Crippen LogP contribution is 2.17. The number of carbonyl (C=O) groups excluding carboxylic acids is 3. The molecule has 10 nitrogen and oxygen atoms in total. The third-order valence-corrected chi connectivity index (χ3v) is 11.7. The summed E-state index contributed by atoms with van der Waals surface area (Å²) < 4.78 is 34.5. The molecule has 0 aromatic carbocycles. The molecule has 0 aromatic heterocycles. The Balaban J connectivity index is 2.60. The lowest BCUT2D eigenvalue weighted by atomic mass is 9.99. The molecule has 0 radical (unpaired) electrons. The number of allylic oxidation sites excluding steroid dienone is 8. The van der Waals surface area contributed by atoms with Crippen LogP contribution in [-0.4, -0.2) is 88.6 Å². The zero-order valence-corrected chi connectivity index (χ0v) is 42.1. The summed E-state index contributed by atoms with van der Waals surface area (Å²) in [6.45, 7) is 13.0. The van der Waals surface area contributed by atoms with Gasteiger partial charge >= 0.3 is 18.1 Å². The summed E-state index contributed by atoms with van der Waals surface area (Å²) in [6.07, 6.45) is 45.2. The lowest BCUT2D eigenvalue weighted by Gasteiger charge is -2.31. The Morgan fingerprint density at radius 3 is 1.57 bits per heavy atom. The zero-order chi connectivity index (χ0) is 47.1. The Morgan fingerprint density at radius 1 is 0.538 bits per heavy atom. The van der Waals surface area contributed by atoms with Gasteiger partial charge in [0.2, 0.25) is 0 Å². The summed E-state index contributed by atoms with van der Waals surface area (Å²) >= 11 is 0. The van der Waals surface area contributed by atoms with E-state index >= 15 is 0 Å². The van der Waals surface area contributed by atoms with Crippen molar-refractivity contribution >= 4 is 18.1 Å². The fraction of sp³-hybridized carbons (Fsp3) is 0.800. The molecule has 0 N–H and O–H groups in total. The van der Waals surface area contributed by atoms with Crippen LogP contribution in [0.25, 0.3) is 0 Å². The topological polar surface area (TPSA) is 110 Å². The molecule has 1 aliphatic rings. The minimum atomic E-state index is -0.762. The lowest BCUT2D eigenvalue weighted by molar-refractivity contribution is -0.161. The predicted octanol–water partition coefficient (Wildman–Crippen LogP) is 14.4. The van der Waals surface area contributed by atoms with E-state index in [4.69, 9.17) is 28.4 Å². The molecular formula is C55H97NO9. The second-order valence-electron chi connectivity index (χ2n) is 17.9. The van der Waals surface area contributed by atoms with Crippen LogP contribution in [0.3, 0.4) is 0 Å². The molecule has 376 valence electrons. The fourth-order valence-electron chi connectivity index (χ4n) is 7.56. The van der Waals surface area contributed by atoms with Gasteiger partial charge in [-0.05, 0) is 116 Å². The van der Waals surface area contributed by atoms with Gasteiger partial charge in [-0.3, -0.25) is 9.59 Å². The summed E-state index contributed by atoms with van der Waals surface area (Å²) in [5.74, 6) is -0.967. The summed E-state index contributed by atoms with van der Waals surface area (Å²) in [4.78, 5) is 40.8. The van der Waals surface area contributed by atoms with Gasteiger partial charge in [-0.2, -0.15) is 0 Å². The second-order valence-corrected chi connectivity index (χ2v) is 17.9. The third-order valence-electron chi connectivity index (χ3n) is 11.7. The van der Waals surface area contributed by atoms with Crippen molar-refractivity contribution in [3.8, 4) is 0 Å². The standard InChI is InChI=1S/C55H97NO9/c1-5-9-12-15-18-21-22-23-24-25-26-27-28-31-34-39-52(57)62-47-51(49-65-55(59)64-46-50-38-37-42-56(8-4)45-50)48-63-53(58)40-41-54(60-43-35-32-29-19-16-13-10-6-2)61-44-36-33-30-20-17-14-11-7-3/h18-21,23-24,29-30,50-51,54H,5-17,22,25-28,31-49H2,1-4H3/b21-18-,24-23-,29-19-,30-20-. The van der Waals surface area contributed by atoms with Gasteiger partial charge in [-0.15, -0.1) is 0 Å². The van der Waals surface area contributed by atoms with Crippen molar-refractivity contribution in [2.24, 2.45) is 11.8 Å². The van der Waals surface area contributed by atoms with Gasteiger partial charge in [0.05, 0.1) is 32.2 Å². The number of rotatable bonds is 44. The highest BCUT2D eigenvalue weighted by Gasteiger charge is 2.23. The molecule has 1 heterocycles. The van der Waals surface area contributed by atoms with Crippen LogP contribution in [0.2, 0.25) is 0 Å². The number of esters is 2. The molecule has 0 aromatic rings. The number of likely N-dealkylation sites (tertiary alicyclic amines) is 1. The molecule has 1 rings (SSSR count). The number of ether oxygens (including phenoxy) is 6. The number of hydrogen-bond acceptors (Lipinski definition) is 10. The number of piperidine rings is 1. The maximum absolute atomic E-state index is 13.1. The number of unbranched alkanes of at least 4 members (excludes halogenated alkanes) is 16. The van der Waals surface area contributed by atoms with Crippen LogP contribution in [0, 0.1) is 11.8 Å². The van der Waals surface area contributed by atoms with Crippen LogP contribution >= 0.6 is 0 Å². The number of nitrogens with zero attached hydrogens (tertiary/aromatic N) is 1. The Labute approximate surface area is 398 Å². The largest absolute Gasteiger partial charge is 0.508 e. The van der Waals surface area contributed by atoms with E-state index in [2.05, 4.69) is 81.2 Å². The Morgan fingerprint density at radius 2 is 1.02 bits per heavy atom. The average molecular weight is 916 g/mol. The monoisotopic (exact) mass is 916 g/mol. The number of carbonyl (C=O) groups is 3. The third kappa shape index (κ3) is 39.9. The first-order valence-electron chi connectivity index (χ1n) is 26.6. The normalized spacial score (nSPS) is 15.2. The van der Waals surface area contributed by atoms with Crippen molar-refractivity contribution in [2.75, 3.05) is 59.3 Å². The van der Waals surface area contributed by atoms with Crippen LogP contribution < -0.4 is 0 Å². The molecular weight excluding hydrogens is 819 g/mol. The Hall–Kier alpha value is -2.95. The second kappa shape index (κ2) is 46.2. The van der Waals surface area contributed by atoms with Crippen molar-refractivity contribution in [2.45, 2.75) is 214 Å². The van der Waals surface area contributed by atoms with Gasteiger partial charge in [-0.25, -0.2) is 4.79 Å². The zero-order valence-electron chi connectivity index (χ0n) is 42.1. The molecule has 0 amide bonds. The van der Waals surface area contributed by atoms with Gasteiger partial charge in [-0.1, -0.05) is 134 Å². The molecule has 1 fully saturated rings. The predicted molar refractivity (Wildman–Crippen MR) is 267 cm³/mol. The SMILES string of the molecule is CCCCC/C=C\C/C=C\CCCCCCCC(=O)OCC(COC(=O)CCC(OCCC/C=C\CCCCC)OCCC/C=C\CCCCC)COC(=O)OCC1CCCN(CC)C1. The van der Waals surface area contributed by atoms with Gasteiger partial charge in [0.25, 0.3) is 0 Å². The molecule has 65 heavy (non-hydrogen) atoms. The molecule has 0 saturated carbocycles. The average Bonchev–Trinajstić information content (AvgIpc) is 3.32. The molecule has 2 unspecified atom stereocenters. The van der Waals surface area contributed by atoms with E-state index in [1.54, 1.807) is 0 Å². The van der Waals surface area contributed by atoms with Crippen LogP contribution in [0.15, 0.2) is 48.6 Å². The molecule has 0 spiro atoms. The van der Waals surface area contributed by atoms with E-state index in [0.29, 0.717) is 32.7 Å². The van der Waals surface area contributed by atoms with Gasteiger partial charge in [0, 0.05) is 25.3 Å². The van der Waals surface area contributed by atoms with Gasteiger partial charge in [0.1, 0.15) is 19.8 Å². The van der Waals surface area contributed by atoms with E-state index in [-0.39, 0.29) is 38.1 Å². The minimum absolute atomic E-state index is 0.0251. The maximum atomic E-state index is 13.1. The van der Waals surface area contributed by atoms with E-state index in [9.17, 15) is 14.4 Å². The molecule has 2 atom stereocenters. The van der Waals surface area contributed by atoms with Crippen molar-refractivity contribution in [3.05, 3.63) is 48.6 Å². The highest BCUT2D eigenvalue weighted by atomic mass is 16.7. The summed E-state index contributed by atoms with van der Waals surface area (Å²) in [6, 6.07) is 0. The molecule has 1 aliphatic heterocycles. The summed E-state index contributed by atoms with van der Waals surface area (Å²) in [7, 11) is 0. The van der Waals surface area contributed by atoms with E-state index in [1.165, 1.54) is 64.2 Å². The minimum Gasteiger partial charge on any atom is -0.465 e. The first kappa shape index (κ1) is 60.1. The van der Waals surface area contributed by atoms with Crippen LogP contribution in [0.4, 0.5) is 4.79 Å². The molecule has 10 heteroatoms. The van der Waals surface area contributed by atoms with Crippen LogP contribution in [0.5, 0.6) is 0 Å². The smallest absolute Gasteiger partial charge is 0.465 e. The van der Waals surface area contributed by atoms with E-state index in [1.807, 2.05) is 0 Å². The first-order chi connectivity index (χ1) is 31.9. The fourth-order valence-corrected chi connectivity index (χ4v) is 7.56. The van der Waals surface area contributed by atoms with Crippen LogP contribution in [-0.2, 0) is 38.0 Å². The quantitative estimate of drug-likeness (QED) is 0.0193.